The van der Waals surface area contributed by atoms with Crippen molar-refractivity contribution >= 4 is 17.3 Å². The van der Waals surface area contributed by atoms with Crippen molar-refractivity contribution < 1.29 is 14.3 Å². The summed E-state index contributed by atoms with van der Waals surface area (Å²) in [4.78, 5) is 15.4. The lowest BCUT2D eigenvalue weighted by molar-refractivity contribution is 0.0225. The van der Waals surface area contributed by atoms with Crippen molar-refractivity contribution in [3.8, 4) is 11.5 Å². The van der Waals surface area contributed by atoms with E-state index in [9.17, 15) is 4.79 Å². The molecule has 0 aliphatic carbocycles. The predicted octanol–water partition coefficient (Wildman–Crippen LogP) is 5.14. The van der Waals surface area contributed by atoms with Crippen LogP contribution in [0.4, 0.5) is 11.4 Å². The Balaban J connectivity index is 1.89. The minimum absolute atomic E-state index is 0.306. The first-order valence-corrected chi connectivity index (χ1v) is 10.4. The van der Waals surface area contributed by atoms with Crippen LogP contribution in [0.25, 0.3) is 0 Å². The molecule has 0 aromatic heterocycles. The molecular formula is C25H24N2O3. The molecule has 152 valence electrons. The molecule has 2 aliphatic heterocycles. The average molecular weight is 400 g/mol. The zero-order valence-electron chi connectivity index (χ0n) is 17.4. The molecular weight excluding hydrogens is 376 g/mol. The molecule has 5 rings (SSSR count). The zero-order chi connectivity index (χ0) is 20.9. The topological polar surface area (TPSA) is 50.8 Å². The van der Waals surface area contributed by atoms with E-state index in [4.69, 9.17) is 9.47 Å². The van der Waals surface area contributed by atoms with Crippen molar-refractivity contribution in [2.45, 2.75) is 19.4 Å². The van der Waals surface area contributed by atoms with Gasteiger partial charge in [0.2, 0.25) is 0 Å². The van der Waals surface area contributed by atoms with Crippen molar-refractivity contribution in [3.05, 3.63) is 82.9 Å². The van der Waals surface area contributed by atoms with Gasteiger partial charge in [0.25, 0.3) is 0 Å². The highest BCUT2D eigenvalue weighted by Gasteiger charge is 2.55. The van der Waals surface area contributed by atoms with E-state index in [-0.39, 0.29) is 5.97 Å². The minimum atomic E-state index is -1.04. The number of ether oxygens (including phenoxy) is 2. The van der Waals surface area contributed by atoms with Gasteiger partial charge in [0.05, 0.1) is 5.56 Å². The molecule has 1 N–H and O–H groups in total. The van der Waals surface area contributed by atoms with Gasteiger partial charge in [0.1, 0.15) is 11.5 Å². The van der Waals surface area contributed by atoms with E-state index in [2.05, 4.69) is 30.1 Å². The number of benzene rings is 3. The summed E-state index contributed by atoms with van der Waals surface area (Å²) in [5.41, 5.74) is 4.11. The molecule has 2 heterocycles. The van der Waals surface area contributed by atoms with E-state index in [0.29, 0.717) is 17.1 Å². The monoisotopic (exact) mass is 400 g/mol. The molecule has 1 spiro atoms. The fourth-order valence-electron chi connectivity index (χ4n) is 4.70. The molecule has 0 amide bonds. The number of fused-ring (bicyclic) bond motifs is 6. The second-order valence-electron chi connectivity index (χ2n) is 7.50. The summed E-state index contributed by atoms with van der Waals surface area (Å²) in [5, 5.41) is 3.16. The van der Waals surface area contributed by atoms with Crippen molar-refractivity contribution in [2.75, 3.05) is 30.4 Å². The third kappa shape index (κ3) is 2.38. The SMILES string of the molecule is CCN(CC)c1cccc2c1C1(OC2=O)c2ccccc2Oc2cc(NC)ccc21. The molecule has 2 aliphatic rings. The molecule has 3 aromatic carbocycles. The number of hydrogen-bond donors (Lipinski definition) is 1. The van der Waals surface area contributed by atoms with E-state index in [1.807, 2.05) is 61.6 Å². The minimum Gasteiger partial charge on any atom is -0.456 e. The summed E-state index contributed by atoms with van der Waals surface area (Å²) in [6.07, 6.45) is 0. The van der Waals surface area contributed by atoms with Gasteiger partial charge in [-0.25, -0.2) is 4.79 Å². The number of nitrogens with one attached hydrogen (secondary N) is 1. The van der Waals surface area contributed by atoms with E-state index in [0.717, 1.165) is 41.2 Å². The van der Waals surface area contributed by atoms with E-state index in [1.165, 1.54) is 0 Å². The average Bonchev–Trinajstić information content (AvgIpc) is 3.08. The molecule has 1 atom stereocenters. The van der Waals surface area contributed by atoms with Crippen LogP contribution in [0, 0.1) is 0 Å². The second-order valence-corrected chi connectivity index (χ2v) is 7.50. The Bertz CT molecular complexity index is 1150. The Labute approximate surface area is 176 Å². The van der Waals surface area contributed by atoms with E-state index in [1.54, 1.807) is 0 Å². The van der Waals surface area contributed by atoms with E-state index < -0.39 is 5.60 Å². The first-order valence-electron chi connectivity index (χ1n) is 10.4. The first-order chi connectivity index (χ1) is 14.6. The van der Waals surface area contributed by atoms with Gasteiger partial charge < -0.3 is 19.7 Å². The number of carbonyl (C=O) groups is 1. The standard InChI is InChI=1S/C25H24N2O3/c1-4-27(5-2)20-11-8-9-17-23(20)25(30-24(17)28)18-10-6-7-12-21(18)29-22-15-16(26-3)13-14-19(22)25/h6-15,26H,4-5H2,1-3H3. The number of rotatable bonds is 4. The van der Waals surface area contributed by atoms with Crippen LogP contribution in [0.1, 0.15) is 40.9 Å². The van der Waals surface area contributed by atoms with Crippen LogP contribution < -0.4 is 15.0 Å². The maximum absolute atomic E-state index is 13.1. The smallest absolute Gasteiger partial charge is 0.340 e. The molecule has 1 unspecified atom stereocenters. The highest BCUT2D eigenvalue weighted by Crippen LogP contribution is 2.58. The molecule has 3 aromatic rings. The fourth-order valence-corrected chi connectivity index (χ4v) is 4.70. The second kappa shape index (κ2) is 6.80. The summed E-state index contributed by atoms with van der Waals surface area (Å²) < 4.78 is 12.6. The summed E-state index contributed by atoms with van der Waals surface area (Å²) in [7, 11) is 1.87. The molecule has 0 saturated heterocycles. The van der Waals surface area contributed by atoms with Crippen molar-refractivity contribution in [1.29, 1.82) is 0 Å². The zero-order valence-corrected chi connectivity index (χ0v) is 17.4. The molecule has 0 saturated carbocycles. The van der Waals surface area contributed by atoms with Crippen LogP contribution in [0.3, 0.4) is 0 Å². The quantitative estimate of drug-likeness (QED) is 0.615. The molecule has 5 nitrogen and oxygen atoms in total. The maximum Gasteiger partial charge on any atom is 0.340 e. The Morgan fingerprint density at radius 1 is 0.933 bits per heavy atom. The van der Waals surface area contributed by atoms with Gasteiger partial charge in [-0.15, -0.1) is 0 Å². The largest absolute Gasteiger partial charge is 0.456 e. The van der Waals surface area contributed by atoms with Gasteiger partial charge in [-0.05, 0) is 44.2 Å². The summed E-state index contributed by atoms with van der Waals surface area (Å²) in [6.45, 7) is 5.92. The van der Waals surface area contributed by atoms with Gasteiger partial charge >= 0.3 is 5.97 Å². The lowest BCUT2D eigenvalue weighted by atomic mass is 9.76. The molecule has 0 radical (unpaired) electrons. The number of hydrogen-bond acceptors (Lipinski definition) is 5. The number of para-hydroxylation sites is 1. The number of anilines is 2. The van der Waals surface area contributed by atoms with Crippen LogP contribution in [0.15, 0.2) is 60.7 Å². The Kier molecular flexibility index (Phi) is 4.21. The normalized spacial score (nSPS) is 18.2. The van der Waals surface area contributed by atoms with E-state index >= 15 is 0 Å². The summed E-state index contributed by atoms with van der Waals surface area (Å²) in [5.74, 6) is 1.09. The Morgan fingerprint density at radius 2 is 1.70 bits per heavy atom. The van der Waals surface area contributed by atoms with Crippen LogP contribution >= 0.6 is 0 Å². The van der Waals surface area contributed by atoms with Crippen molar-refractivity contribution in [1.82, 2.24) is 0 Å². The summed E-state index contributed by atoms with van der Waals surface area (Å²) in [6, 6.07) is 19.6. The van der Waals surface area contributed by atoms with Gasteiger partial charge in [0, 0.05) is 54.3 Å². The van der Waals surface area contributed by atoms with Crippen molar-refractivity contribution in [3.63, 3.8) is 0 Å². The first kappa shape index (κ1) is 18.6. The lowest BCUT2D eigenvalue weighted by Crippen LogP contribution is -2.35. The number of nitrogens with zero attached hydrogens (tertiary/aromatic N) is 1. The van der Waals surface area contributed by atoms with Crippen LogP contribution in [-0.2, 0) is 10.3 Å². The van der Waals surface area contributed by atoms with Gasteiger partial charge in [-0.1, -0.05) is 24.3 Å². The van der Waals surface area contributed by atoms with Crippen LogP contribution in [-0.4, -0.2) is 26.1 Å². The fraction of sp³-hybridized carbons (Fsp3) is 0.240. The van der Waals surface area contributed by atoms with Gasteiger partial charge in [0.15, 0.2) is 5.60 Å². The molecule has 0 bridgehead atoms. The molecule has 30 heavy (non-hydrogen) atoms. The highest BCUT2D eigenvalue weighted by molar-refractivity contribution is 5.99. The Morgan fingerprint density at radius 3 is 2.47 bits per heavy atom. The lowest BCUT2D eigenvalue weighted by Gasteiger charge is -2.38. The van der Waals surface area contributed by atoms with Crippen LogP contribution in [0.2, 0.25) is 0 Å². The molecule has 5 heteroatoms. The van der Waals surface area contributed by atoms with Crippen LogP contribution in [0.5, 0.6) is 11.5 Å². The third-order valence-corrected chi connectivity index (χ3v) is 6.10. The predicted molar refractivity (Wildman–Crippen MR) is 118 cm³/mol. The highest BCUT2D eigenvalue weighted by atomic mass is 16.6. The Hall–Kier alpha value is -3.47. The third-order valence-electron chi connectivity index (χ3n) is 6.10. The maximum atomic E-state index is 13.1. The van der Waals surface area contributed by atoms with Gasteiger partial charge in [-0.2, -0.15) is 0 Å². The number of esters is 1. The molecule has 0 fully saturated rings. The summed E-state index contributed by atoms with van der Waals surface area (Å²) >= 11 is 0. The van der Waals surface area contributed by atoms with Crippen molar-refractivity contribution in [2.24, 2.45) is 0 Å². The van der Waals surface area contributed by atoms with Gasteiger partial charge in [-0.3, -0.25) is 0 Å². The number of carbonyl (C=O) groups excluding carboxylic acids is 1.